The average Bonchev–Trinajstić information content (AvgIpc) is 2.08. The molecule has 0 aromatic heterocycles. The molecule has 1 atom stereocenters. The maximum Gasteiger partial charge on any atom is 0.308 e. The molecule has 1 N–H and O–H groups in total. The molecule has 0 aromatic carbocycles. The fourth-order valence-electron chi connectivity index (χ4n) is 0.990. The minimum Gasteiger partial charge on any atom is -0.466 e. The Kier molecular flexibility index (Phi) is 3.70. The normalized spacial score (nSPS) is 26.1. The van der Waals surface area contributed by atoms with Crippen LogP contribution in [0.1, 0.15) is 25.7 Å². The van der Waals surface area contributed by atoms with Crippen molar-refractivity contribution in [2.75, 3.05) is 6.61 Å². The largest absolute Gasteiger partial charge is 0.466 e. The summed E-state index contributed by atoms with van der Waals surface area (Å²) in [4.78, 5) is 21.7. The minimum atomic E-state index is -1.07. The van der Waals surface area contributed by atoms with E-state index in [9.17, 15) is 9.59 Å². The van der Waals surface area contributed by atoms with Crippen molar-refractivity contribution in [3.05, 3.63) is 0 Å². The second-order valence-corrected chi connectivity index (χ2v) is 2.81. The fraction of sp³-hybridized carbons (Fsp3) is 0.750. The summed E-state index contributed by atoms with van der Waals surface area (Å²) in [6.45, 7) is 0.271. The summed E-state index contributed by atoms with van der Waals surface area (Å²) in [5.41, 5.74) is 0. The first kappa shape index (κ1) is 9.98. The van der Waals surface area contributed by atoms with E-state index in [-0.39, 0.29) is 19.4 Å². The van der Waals surface area contributed by atoms with Crippen molar-refractivity contribution >= 4 is 11.9 Å². The maximum atomic E-state index is 10.9. The maximum absolute atomic E-state index is 10.9. The Morgan fingerprint density at radius 1 is 1.23 bits per heavy atom. The highest BCUT2D eigenvalue weighted by molar-refractivity contribution is 5.77. The Bertz CT molecular complexity index is 201. The van der Waals surface area contributed by atoms with Gasteiger partial charge in [-0.3, -0.25) is 9.59 Å². The van der Waals surface area contributed by atoms with Gasteiger partial charge in [0.1, 0.15) is 0 Å². The van der Waals surface area contributed by atoms with Crippen LogP contribution in [0.5, 0.6) is 0 Å². The van der Waals surface area contributed by atoms with Gasteiger partial charge in [-0.25, -0.2) is 0 Å². The van der Waals surface area contributed by atoms with Crippen molar-refractivity contribution in [1.82, 2.24) is 0 Å². The second-order valence-electron chi connectivity index (χ2n) is 2.81. The SMILES string of the molecule is O=C1CCC(=O)OC(O)CCCO1. The molecular formula is C8H12O5. The Morgan fingerprint density at radius 3 is 2.69 bits per heavy atom. The van der Waals surface area contributed by atoms with Gasteiger partial charge in [-0.2, -0.15) is 0 Å². The molecule has 0 saturated carbocycles. The molecule has 1 rings (SSSR count). The lowest BCUT2D eigenvalue weighted by Crippen LogP contribution is -2.21. The van der Waals surface area contributed by atoms with Crippen LogP contribution in [-0.4, -0.2) is 29.9 Å². The van der Waals surface area contributed by atoms with Crippen molar-refractivity contribution in [2.45, 2.75) is 32.0 Å². The summed E-state index contributed by atoms with van der Waals surface area (Å²) in [5.74, 6) is -0.959. The molecule has 1 aliphatic rings. The quantitative estimate of drug-likeness (QED) is 0.540. The van der Waals surface area contributed by atoms with Crippen molar-refractivity contribution in [3.63, 3.8) is 0 Å². The smallest absolute Gasteiger partial charge is 0.308 e. The van der Waals surface area contributed by atoms with Crippen LogP contribution in [0.15, 0.2) is 0 Å². The third-order valence-corrected chi connectivity index (χ3v) is 1.66. The third-order valence-electron chi connectivity index (χ3n) is 1.66. The van der Waals surface area contributed by atoms with E-state index in [2.05, 4.69) is 4.74 Å². The van der Waals surface area contributed by atoms with Gasteiger partial charge in [-0.05, 0) is 6.42 Å². The molecule has 1 heterocycles. The van der Waals surface area contributed by atoms with Gasteiger partial charge in [0.15, 0.2) is 0 Å². The number of esters is 2. The first-order valence-electron chi connectivity index (χ1n) is 4.21. The molecule has 5 heteroatoms. The molecule has 74 valence electrons. The number of carbonyl (C=O) groups is 2. The summed E-state index contributed by atoms with van der Waals surface area (Å²) >= 11 is 0. The molecule has 5 nitrogen and oxygen atoms in total. The number of carbonyl (C=O) groups excluding carboxylic acids is 2. The van der Waals surface area contributed by atoms with E-state index in [1.165, 1.54) is 0 Å². The van der Waals surface area contributed by atoms with E-state index in [0.717, 1.165) is 0 Å². The lowest BCUT2D eigenvalue weighted by molar-refractivity contribution is -0.173. The number of aliphatic hydroxyl groups is 1. The zero-order chi connectivity index (χ0) is 9.68. The Hall–Kier alpha value is -1.10. The Balaban J connectivity index is 2.41. The van der Waals surface area contributed by atoms with Gasteiger partial charge in [0.2, 0.25) is 6.29 Å². The highest BCUT2D eigenvalue weighted by Crippen LogP contribution is 2.06. The number of aliphatic hydroxyl groups excluding tert-OH is 1. The molecule has 0 amide bonds. The topological polar surface area (TPSA) is 72.8 Å². The molecule has 0 aliphatic carbocycles. The van der Waals surface area contributed by atoms with Gasteiger partial charge < -0.3 is 14.6 Å². The van der Waals surface area contributed by atoms with E-state index >= 15 is 0 Å². The van der Waals surface area contributed by atoms with Crippen molar-refractivity contribution < 1.29 is 24.2 Å². The summed E-state index contributed by atoms with van der Waals surface area (Å²) in [7, 11) is 0. The summed E-state index contributed by atoms with van der Waals surface area (Å²) in [6.07, 6.45) is -0.273. The highest BCUT2D eigenvalue weighted by atomic mass is 16.6. The molecule has 0 spiro atoms. The molecule has 0 bridgehead atoms. The first-order chi connectivity index (χ1) is 6.18. The van der Waals surface area contributed by atoms with Crippen LogP contribution >= 0.6 is 0 Å². The molecule has 13 heavy (non-hydrogen) atoms. The lowest BCUT2D eigenvalue weighted by Gasteiger charge is -2.13. The van der Waals surface area contributed by atoms with Crippen LogP contribution in [0.3, 0.4) is 0 Å². The van der Waals surface area contributed by atoms with Gasteiger partial charge in [-0.15, -0.1) is 0 Å². The van der Waals surface area contributed by atoms with Gasteiger partial charge in [-0.1, -0.05) is 0 Å². The van der Waals surface area contributed by atoms with Crippen molar-refractivity contribution in [3.8, 4) is 0 Å². The molecule has 1 unspecified atom stereocenters. The van der Waals surface area contributed by atoms with E-state index in [1.54, 1.807) is 0 Å². The van der Waals surface area contributed by atoms with Crippen molar-refractivity contribution in [1.29, 1.82) is 0 Å². The number of hydrogen-bond acceptors (Lipinski definition) is 5. The predicted octanol–water partition coefficient (Wildman–Crippen LogP) is -0.0348. The first-order valence-corrected chi connectivity index (χ1v) is 4.21. The summed E-state index contributed by atoms with van der Waals surface area (Å²) < 4.78 is 9.34. The Labute approximate surface area is 75.6 Å². The molecule has 0 aromatic rings. The summed E-state index contributed by atoms with van der Waals surface area (Å²) in [6, 6.07) is 0. The van der Waals surface area contributed by atoms with Crippen LogP contribution in [-0.2, 0) is 19.1 Å². The zero-order valence-electron chi connectivity index (χ0n) is 7.19. The lowest BCUT2D eigenvalue weighted by atomic mass is 10.3. The number of rotatable bonds is 0. The Morgan fingerprint density at radius 2 is 1.92 bits per heavy atom. The minimum absolute atomic E-state index is 0.0194. The predicted molar refractivity (Wildman–Crippen MR) is 41.5 cm³/mol. The van der Waals surface area contributed by atoms with E-state index in [4.69, 9.17) is 9.84 Å². The van der Waals surface area contributed by atoms with Gasteiger partial charge >= 0.3 is 11.9 Å². The zero-order valence-corrected chi connectivity index (χ0v) is 7.19. The van der Waals surface area contributed by atoms with Gasteiger partial charge in [0.25, 0.3) is 0 Å². The van der Waals surface area contributed by atoms with Crippen LogP contribution in [0, 0.1) is 0 Å². The molecule has 1 fully saturated rings. The second kappa shape index (κ2) is 4.81. The fourth-order valence-corrected chi connectivity index (χ4v) is 0.990. The van der Waals surface area contributed by atoms with Crippen LogP contribution in [0.25, 0.3) is 0 Å². The number of ether oxygens (including phenoxy) is 2. The van der Waals surface area contributed by atoms with E-state index in [1.807, 2.05) is 0 Å². The van der Waals surface area contributed by atoms with E-state index < -0.39 is 18.2 Å². The van der Waals surface area contributed by atoms with Gasteiger partial charge in [0, 0.05) is 6.42 Å². The molecule has 1 saturated heterocycles. The van der Waals surface area contributed by atoms with Crippen LogP contribution in [0.2, 0.25) is 0 Å². The van der Waals surface area contributed by atoms with E-state index in [0.29, 0.717) is 12.8 Å². The monoisotopic (exact) mass is 188 g/mol. The molecule has 0 radical (unpaired) electrons. The standard InChI is InChI=1S/C8H12O5/c9-6-3-4-8(11)13-7(10)2-1-5-12-6/h7,10H,1-5H2. The van der Waals surface area contributed by atoms with Crippen LogP contribution < -0.4 is 0 Å². The summed E-state index contributed by atoms with van der Waals surface area (Å²) in [5, 5.41) is 9.08. The number of cyclic esters (lactones) is 2. The molecule has 1 aliphatic heterocycles. The van der Waals surface area contributed by atoms with Crippen LogP contribution in [0.4, 0.5) is 0 Å². The number of hydrogen-bond donors (Lipinski definition) is 1. The van der Waals surface area contributed by atoms with Crippen molar-refractivity contribution in [2.24, 2.45) is 0 Å². The highest BCUT2D eigenvalue weighted by Gasteiger charge is 2.15. The third kappa shape index (κ3) is 3.89. The molecular weight excluding hydrogens is 176 g/mol. The van der Waals surface area contributed by atoms with Gasteiger partial charge in [0.05, 0.1) is 19.4 Å². The average molecular weight is 188 g/mol.